The Morgan fingerprint density at radius 2 is 2.00 bits per heavy atom. The Labute approximate surface area is 152 Å². The van der Waals surface area contributed by atoms with E-state index in [0.717, 1.165) is 22.2 Å². The van der Waals surface area contributed by atoms with Crippen LogP contribution in [0.15, 0.2) is 48.8 Å². The van der Waals surface area contributed by atoms with Crippen LogP contribution in [0.3, 0.4) is 0 Å². The van der Waals surface area contributed by atoms with Gasteiger partial charge in [0.2, 0.25) is 0 Å². The lowest BCUT2D eigenvalue weighted by atomic mass is 10.0. The van der Waals surface area contributed by atoms with E-state index in [1.165, 1.54) is 18.4 Å². The smallest absolute Gasteiger partial charge is 0.134 e. The van der Waals surface area contributed by atoms with E-state index in [4.69, 9.17) is 16.3 Å². The minimum atomic E-state index is 0.333. The second kappa shape index (κ2) is 6.98. The van der Waals surface area contributed by atoms with E-state index in [-0.39, 0.29) is 0 Å². The van der Waals surface area contributed by atoms with E-state index in [1.807, 2.05) is 30.6 Å². The molecular formula is C20H20ClN3O. The van der Waals surface area contributed by atoms with Gasteiger partial charge in [0, 0.05) is 35.9 Å². The van der Waals surface area contributed by atoms with Gasteiger partial charge < -0.3 is 10.1 Å². The maximum Gasteiger partial charge on any atom is 0.134 e. The molecule has 1 saturated carbocycles. The van der Waals surface area contributed by atoms with Gasteiger partial charge in [0.05, 0.1) is 12.6 Å². The molecule has 2 aromatic heterocycles. The van der Waals surface area contributed by atoms with Gasteiger partial charge in [-0.05, 0) is 60.7 Å². The first-order chi connectivity index (χ1) is 12.2. The molecule has 1 aliphatic rings. The van der Waals surface area contributed by atoms with E-state index >= 15 is 0 Å². The van der Waals surface area contributed by atoms with E-state index in [1.54, 1.807) is 7.11 Å². The predicted octanol–water partition coefficient (Wildman–Crippen LogP) is 4.53. The topological polar surface area (TPSA) is 47.0 Å². The minimum Gasteiger partial charge on any atom is -0.497 e. The van der Waals surface area contributed by atoms with E-state index < -0.39 is 0 Å². The van der Waals surface area contributed by atoms with Crippen molar-refractivity contribution in [2.45, 2.75) is 25.4 Å². The second-order valence-corrected chi connectivity index (χ2v) is 6.83. The van der Waals surface area contributed by atoms with Crippen molar-refractivity contribution in [1.29, 1.82) is 0 Å². The van der Waals surface area contributed by atoms with Crippen LogP contribution in [0.5, 0.6) is 5.75 Å². The molecule has 1 aliphatic carbocycles. The summed E-state index contributed by atoms with van der Waals surface area (Å²) in [6.45, 7) is 0.683. The molecule has 0 bridgehead atoms. The maximum atomic E-state index is 6.41. The number of fused-ring (bicyclic) bond motifs is 1. The van der Waals surface area contributed by atoms with Crippen LogP contribution < -0.4 is 10.1 Å². The number of methoxy groups -OCH3 is 1. The van der Waals surface area contributed by atoms with Gasteiger partial charge in [-0.15, -0.1) is 0 Å². The van der Waals surface area contributed by atoms with Crippen molar-refractivity contribution >= 4 is 22.5 Å². The number of ether oxygens (including phenoxy) is 1. The Kier molecular flexibility index (Phi) is 4.55. The van der Waals surface area contributed by atoms with Gasteiger partial charge in [-0.25, -0.2) is 4.98 Å². The average molecular weight is 354 g/mol. The van der Waals surface area contributed by atoms with Crippen molar-refractivity contribution in [3.05, 3.63) is 65.1 Å². The monoisotopic (exact) mass is 353 g/mol. The third-order valence-electron chi connectivity index (χ3n) is 4.72. The van der Waals surface area contributed by atoms with Crippen molar-refractivity contribution in [1.82, 2.24) is 15.3 Å². The molecule has 1 atom stereocenters. The van der Waals surface area contributed by atoms with Crippen LogP contribution in [0.4, 0.5) is 0 Å². The molecule has 3 aromatic rings. The zero-order valence-corrected chi connectivity index (χ0v) is 14.8. The summed E-state index contributed by atoms with van der Waals surface area (Å²) in [6, 6.07) is 12.4. The van der Waals surface area contributed by atoms with E-state index in [9.17, 15) is 0 Å². The number of hydrogen-bond acceptors (Lipinski definition) is 4. The molecular weight excluding hydrogens is 334 g/mol. The first-order valence-corrected chi connectivity index (χ1v) is 8.89. The number of pyridine rings is 2. The molecule has 1 N–H and O–H groups in total. The second-order valence-electron chi connectivity index (χ2n) is 6.47. The summed E-state index contributed by atoms with van der Waals surface area (Å²) in [5, 5.41) is 5.25. The number of hydrogen-bond donors (Lipinski definition) is 1. The molecule has 1 aromatic carbocycles. The molecule has 0 radical (unpaired) electrons. The normalized spacial score (nSPS) is 15.3. The van der Waals surface area contributed by atoms with Crippen LogP contribution in [0, 0.1) is 5.92 Å². The molecule has 4 rings (SSSR count). The largest absolute Gasteiger partial charge is 0.497 e. The lowest BCUT2D eigenvalue weighted by Crippen LogP contribution is -2.23. The van der Waals surface area contributed by atoms with Crippen LogP contribution in [0.2, 0.25) is 5.15 Å². The van der Waals surface area contributed by atoms with Gasteiger partial charge in [-0.1, -0.05) is 11.6 Å². The number of rotatable bonds is 6. The van der Waals surface area contributed by atoms with Crippen molar-refractivity contribution in [3.63, 3.8) is 0 Å². The number of halogens is 1. The molecule has 0 aliphatic heterocycles. The third kappa shape index (κ3) is 3.60. The molecule has 0 saturated heterocycles. The highest BCUT2D eigenvalue weighted by atomic mass is 35.5. The van der Waals surface area contributed by atoms with E-state index in [2.05, 4.69) is 33.5 Å². The molecule has 128 valence electrons. The van der Waals surface area contributed by atoms with Gasteiger partial charge in [0.1, 0.15) is 10.9 Å². The van der Waals surface area contributed by atoms with Crippen LogP contribution >= 0.6 is 11.6 Å². The number of benzene rings is 1. The Balaban J connectivity index is 1.58. The van der Waals surface area contributed by atoms with Crippen molar-refractivity contribution in [3.8, 4) is 5.75 Å². The highest BCUT2D eigenvalue weighted by Crippen LogP contribution is 2.41. The molecule has 2 heterocycles. The lowest BCUT2D eigenvalue weighted by molar-refractivity contribution is 0.415. The predicted molar refractivity (Wildman–Crippen MR) is 99.8 cm³/mol. The van der Waals surface area contributed by atoms with Crippen molar-refractivity contribution in [2.75, 3.05) is 7.11 Å². The fraction of sp³-hybridized carbons (Fsp3) is 0.300. The summed E-state index contributed by atoms with van der Waals surface area (Å²) in [7, 11) is 1.67. The zero-order valence-electron chi connectivity index (χ0n) is 14.1. The van der Waals surface area contributed by atoms with Gasteiger partial charge >= 0.3 is 0 Å². The molecule has 1 fully saturated rings. The molecule has 4 nitrogen and oxygen atoms in total. The summed E-state index contributed by atoms with van der Waals surface area (Å²) >= 11 is 6.41. The summed E-state index contributed by atoms with van der Waals surface area (Å²) in [5.41, 5.74) is 3.16. The highest BCUT2D eigenvalue weighted by Gasteiger charge is 2.32. The Morgan fingerprint density at radius 3 is 2.72 bits per heavy atom. The Hall–Kier alpha value is -2.17. The van der Waals surface area contributed by atoms with Gasteiger partial charge in [-0.2, -0.15) is 0 Å². The number of nitrogens with one attached hydrogen (secondary N) is 1. The number of nitrogens with zero attached hydrogens (tertiary/aromatic N) is 2. The Bertz CT molecular complexity index is 881. The van der Waals surface area contributed by atoms with E-state index in [0.29, 0.717) is 23.7 Å². The lowest BCUT2D eigenvalue weighted by Gasteiger charge is -2.19. The van der Waals surface area contributed by atoms with Gasteiger partial charge in [-0.3, -0.25) is 4.98 Å². The average Bonchev–Trinajstić information content (AvgIpc) is 3.48. The first-order valence-electron chi connectivity index (χ1n) is 8.51. The maximum absolute atomic E-state index is 6.41. The minimum absolute atomic E-state index is 0.333. The summed E-state index contributed by atoms with van der Waals surface area (Å²) in [5.74, 6) is 1.51. The zero-order chi connectivity index (χ0) is 17.2. The van der Waals surface area contributed by atoms with Crippen LogP contribution in [-0.2, 0) is 6.54 Å². The number of aromatic nitrogens is 2. The third-order valence-corrected chi connectivity index (χ3v) is 5.05. The SMILES string of the molecule is COc1ccc2nc(Cl)c(CNC(c3ccncc3)C3CC3)cc2c1. The van der Waals surface area contributed by atoms with Crippen LogP contribution in [-0.4, -0.2) is 17.1 Å². The van der Waals surface area contributed by atoms with Crippen molar-refractivity contribution in [2.24, 2.45) is 5.92 Å². The van der Waals surface area contributed by atoms with Gasteiger partial charge in [0.25, 0.3) is 0 Å². The molecule has 0 spiro atoms. The molecule has 0 amide bonds. The Morgan fingerprint density at radius 1 is 1.20 bits per heavy atom. The summed E-state index contributed by atoms with van der Waals surface area (Å²) < 4.78 is 5.31. The standard InChI is InChI=1S/C20H20ClN3O/c1-25-17-4-5-18-15(11-17)10-16(20(21)24-18)12-23-19(13-2-3-13)14-6-8-22-9-7-14/h4-11,13,19,23H,2-3,12H2,1H3. The van der Waals surface area contributed by atoms with Gasteiger partial charge in [0.15, 0.2) is 0 Å². The fourth-order valence-electron chi connectivity index (χ4n) is 3.20. The molecule has 1 unspecified atom stereocenters. The van der Waals surface area contributed by atoms with Crippen molar-refractivity contribution < 1.29 is 4.74 Å². The molecule has 25 heavy (non-hydrogen) atoms. The summed E-state index contributed by atoms with van der Waals surface area (Å²) in [6.07, 6.45) is 6.23. The highest BCUT2D eigenvalue weighted by molar-refractivity contribution is 6.30. The quantitative estimate of drug-likeness (QED) is 0.661. The first kappa shape index (κ1) is 16.3. The van der Waals surface area contributed by atoms with Crippen LogP contribution in [0.1, 0.15) is 30.0 Å². The summed E-state index contributed by atoms with van der Waals surface area (Å²) in [4.78, 5) is 8.64. The fourth-order valence-corrected chi connectivity index (χ4v) is 3.42. The molecule has 5 heteroatoms. The van der Waals surface area contributed by atoms with Crippen LogP contribution in [0.25, 0.3) is 10.9 Å².